The molecule has 4 amide bonds. The summed E-state index contributed by atoms with van der Waals surface area (Å²) in [5.41, 5.74) is 4.20. The van der Waals surface area contributed by atoms with Crippen molar-refractivity contribution in [2.24, 2.45) is 0 Å². The Hall–Kier alpha value is -6.78. The number of hydrogen-bond donors (Lipinski definition) is 4. The topological polar surface area (TPSA) is 234 Å². The van der Waals surface area contributed by atoms with E-state index in [1.807, 2.05) is 42.5 Å². The molecule has 2 aromatic carbocycles. The highest BCUT2D eigenvalue weighted by molar-refractivity contribution is 5.97. The number of likely N-dealkylation sites (tertiary alicyclic amines) is 2. The third-order valence-electron chi connectivity index (χ3n) is 11.1. The van der Waals surface area contributed by atoms with Crippen LogP contribution in [0, 0.1) is 0 Å². The zero-order valence-electron chi connectivity index (χ0n) is 36.7. The molecule has 4 aromatic rings. The zero-order chi connectivity index (χ0) is 46.0. The van der Waals surface area contributed by atoms with E-state index in [1.54, 1.807) is 19.5 Å². The fourth-order valence-corrected chi connectivity index (χ4v) is 7.87. The summed E-state index contributed by atoms with van der Waals surface area (Å²) in [5.74, 6) is -0.664. The van der Waals surface area contributed by atoms with Gasteiger partial charge < -0.3 is 44.7 Å². The van der Waals surface area contributed by atoms with E-state index in [2.05, 4.69) is 42.7 Å². The number of ketones is 2. The fourth-order valence-electron chi connectivity index (χ4n) is 7.87. The average molecular weight is 879 g/mol. The Bertz CT molecular complexity index is 2220. The lowest BCUT2D eigenvalue weighted by Gasteiger charge is -2.24. The van der Waals surface area contributed by atoms with E-state index >= 15 is 0 Å². The number of methoxy groups -OCH3 is 1. The molecule has 0 bridgehead atoms. The van der Waals surface area contributed by atoms with Crippen molar-refractivity contribution < 1.29 is 43.1 Å². The van der Waals surface area contributed by atoms with Gasteiger partial charge in [-0.1, -0.05) is 42.5 Å². The summed E-state index contributed by atoms with van der Waals surface area (Å²) >= 11 is 0. The molecule has 0 aliphatic carbocycles. The lowest BCUT2D eigenvalue weighted by molar-refractivity contribution is -0.128. The van der Waals surface area contributed by atoms with Gasteiger partial charge in [0.05, 0.1) is 19.2 Å². The molecule has 4 N–H and O–H groups in total. The van der Waals surface area contributed by atoms with Gasteiger partial charge in [0.1, 0.15) is 42.0 Å². The second-order valence-corrected chi connectivity index (χ2v) is 16.2. The van der Waals surface area contributed by atoms with E-state index in [-0.39, 0.29) is 47.9 Å². The third kappa shape index (κ3) is 14.1. The molecule has 4 atom stereocenters. The van der Waals surface area contributed by atoms with Gasteiger partial charge in [-0.05, 0) is 101 Å². The second-order valence-electron chi connectivity index (χ2n) is 16.2. The normalized spacial score (nSPS) is 16.5. The molecule has 4 heterocycles. The third-order valence-corrected chi connectivity index (χ3v) is 11.1. The summed E-state index contributed by atoms with van der Waals surface area (Å²) in [6.45, 7) is 3.60. The van der Waals surface area contributed by atoms with Crippen molar-refractivity contribution in [3.05, 3.63) is 101 Å². The van der Waals surface area contributed by atoms with Crippen LogP contribution in [-0.2, 0) is 54.5 Å². The Morgan fingerprint density at radius 3 is 1.52 bits per heavy atom. The number of carbonyl (C=O) groups is 8. The molecule has 2 aliphatic rings. The number of nitrogens with one attached hydrogen (secondary N) is 4. The number of nitrogens with zero attached hydrogens (tertiary/aromatic N) is 4. The molecular weight excluding hydrogens is 821 g/mol. The number of hydrogen-bond acceptors (Lipinski definition) is 11. The number of aromatic amines is 2. The van der Waals surface area contributed by atoms with Gasteiger partial charge in [0, 0.05) is 49.7 Å². The average Bonchev–Trinajstić information content (AvgIpc) is 4.14. The minimum absolute atomic E-state index is 0.0551. The molecule has 2 aromatic heterocycles. The number of ether oxygens (including phenoxy) is 1. The highest BCUT2D eigenvalue weighted by atomic mass is 16.5. The SMILES string of the molecule is CC(=O)C[C@@H](C=O)NC(=O)[C@@H]1CCCN1C(=O)c1ncc(CCCc2ccccc2)[nH]1.COc1ccc(CCCc2cnc(C(=O)N3CCC[C@H]3C(=O)N[C@H](C=O)CC(C)=O)[nH]2)cc1. The van der Waals surface area contributed by atoms with Crippen LogP contribution in [0.25, 0.3) is 0 Å². The van der Waals surface area contributed by atoms with Gasteiger partial charge in [0.25, 0.3) is 11.8 Å². The molecule has 0 spiro atoms. The number of aromatic nitrogens is 4. The van der Waals surface area contributed by atoms with Gasteiger partial charge >= 0.3 is 0 Å². The minimum Gasteiger partial charge on any atom is -0.497 e. The molecule has 340 valence electrons. The van der Waals surface area contributed by atoms with E-state index in [4.69, 9.17) is 4.74 Å². The molecule has 0 saturated carbocycles. The summed E-state index contributed by atoms with van der Waals surface area (Å²) in [6.07, 6.45) is 11.8. The first kappa shape index (κ1) is 48.3. The molecule has 17 nitrogen and oxygen atoms in total. The molecule has 0 radical (unpaired) electrons. The number of benzene rings is 2. The van der Waals surface area contributed by atoms with Gasteiger partial charge in [-0.15, -0.1) is 0 Å². The van der Waals surface area contributed by atoms with Crippen LogP contribution < -0.4 is 15.4 Å². The maximum atomic E-state index is 13.0. The van der Waals surface area contributed by atoms with Crippen molar-refractivity contribution in [3.63, 3.8) is 0 Å². The van der Waals surface area contributed by atoms with Crippen LogP contribution >= 0.6 is 0 Å². The highest BCUT2D eigenvalue weighted by Gasteiger charge is 2.38. The van der Waals surface area contributed by atoms with Gasteiger partial charge in [0.2, 0.25) is 11.8 Å². The summed E-state index contributed by atoms with van der Waals surface area (Å²) in [7, 11) is 1.64. The Labute approximate surface area is 372 Å². The Balaban J connectivity index is 0.000000241. The molecular formula is C47H58N8O9. The van der Waals surface area contributed by atoms with Gasteiger partial charge in [-0.2, -0.15) is 0 Å². The Morgan fingerprint density at radius 1 is 0.672 bits per heavy atom. The lowest BCUT2D eigenvalue weighted by atomic mass is 10.1. The summed E-state index contributed by atoms with van der Waals surface area (Å²) in [6, 6.07) is 15.0. The van der Waals surface area contributed by atoms with Gasteiger partial charge in [0.15, 0.2) is 11.6 Å². The van der Waals surface area contributed by atoms with Gasteiger partial charge in [-0.3, -0.25) is 28.8 Å². The Morgan fingerprint density at radius 2 is 1.11 bits per heavy atom. The summed E-state index contributed by atoms with van der Waals surface area (Å²) in [5, 5.41) is 5.14. The highest BCUT2D eigenvalue weighted by Crippen LogP contribution is 2.22. The first-order valence-electron chi connectivity index (χ1n) is 21.8. The van der Waals surface area contributed by atoms with Crippen molar-refractivity contribution in [1.29, 1.82) is 0 Å². The standard InChI is InChI=1S/C24H30N4O5.C23H28N4O4/c1-16(30)13-19(15-29)27-23(31)21-7-4-12-28(21)24(32)22-25-14-18(26-22)6-3-5-17-8-10-20(33-2)11-9-17;1-16(29)13-19(15-28)26-22(30)20-11-6-12-27(20)23(31)21-24-14-18(25-21)10-5-9-17-7-3-2-4-8-17/h8-11,14-15,19,21H,3-7,12-13H2,1-2H3,(H,25,26)(H,27,31);2-4,7-8,14-15,19-20H,5-6,9-13H2,1H3,(H,24,25)(H,26,30)/t19-,21-;19-,20-/m00/s1. The first-order chi connectivity index (χ1) is 30.9. The number of amides is 4. The van der Waals surface area contributed by atoms with Crippen LogP contribution in [-0.4, -0.2) is 122 Å². The smallest absolute Gasteiger partial charge is 0.290 e. The second kappa shape index (κ2) is 24.2. The van der Waals surface area contributed by atoms with E-state index in [0.29, 0.717) is 51.3 Å². The van der Waals surface area contributed by atoms with Crippen molar-refractivity contribution in [3.8, 4) is 5.75 Å². The van der Waals surface area contributed by atoms with Crippen molar-refractivity contribution in [2.75, 3.05) is 20.2 Å². The zero-order valence-corrected chi connectivity index (χ0v) is 36.7. The molecule has 6 rings (SSSR count). The molecule has 0 unspecified atom stereocenters. The van der Waals surface area contributed by atoms with Crippen LogP contribution in [0.5, 0.6) is 5.75 Å². The van der Waals surface area contributed by atoms with Crippen molar-refractivity contribution in [1.82, 2.24) is 40.4 Å². The molecule has 17 heteroatoms. The Kier molecular flexibility index (Phi) is 18.2. The maximum Gasteiger partial charge on any atom is 0.290 e. The summed E-state index contributed by atoms with van der Waals surface area (Å²) < 4.78 is 5.17. The van der Waals surface area contributed by atoms with Crippen molar-refractivity contribution >= 4 is 47.8 Å². The maximum absolute atomic E-state index is 13.0. The van der Waals surface area contributed by atoms with Crippen LogP contribution in [0.1, 0.15) is 109 Å². The molecule has 2 aliphatic heterocycles. The molecule has 64 heavy (non-hydrogen) atoms. The number of carbonyl (C=O) groups excluding carboxylic acids is 8. The number of aldehydes is 2. The monoisotopic (exact) mass is 878 g/mol. The van der Waals surface area contributed by atoms with E-state index in [0.717, 1.165) is 55.7 Å². The van der Waals surface area contributed by atoms with Gasteiger partial charge in [-0.25, -0.2) is 9.97 Å². The molecule has 2 fully saturated rings. The molecule has 2 saturated heterocycles. The lowest BCUT2D eigenvalue weighted by Crippen LogP contribution is -2.49. The van der Waals surface area contributed by atoms with Crippen molar-refractivity contribution in [2.45, 2.75) is 115 Å². The fraction of sp³-hybridized carbons (Fsp3) is 0.447. The predicted octanol–water partition coefficient (Wildman–Crippen LogP) is 3.71. The first-order valence-corrected chi connectivity index (χ1v) is 21.8. The quantitative estimate of drug-likeness (QED) is 0.0881. The van der Waals surface area contributed by atoms with Crippen LogP contribution in [0.3, 0.4) is 0 Å². The number of Topliss-reactive ketones (excluding diaryl/α,β-unsaturated/α-hetero) is 2. The van der Waals surface area contributed by atoms with Crippen LogP contribution in [0.2, 0.25) is 0 Å². The number of aryl methyl sites for hydroxylation is 4. The van der Waals surface area contributed by atoms with Crippen LogP contribution in [0.15, 0.2) is 67.0 Å². The predicted molar refractivity (Wildman–Crippen MR) is 235 cm³/mol. The van der Waals surface area contributed by atoms with E-state index in [9.17, 15) is 38.4 Å². The van der Waals surface area contributed by atoms with E-state index < -0.39 is 36.0 Å². The van der Waals surface area contributed by atoms with Crippen LogP contribution in [0.4, 0.5) is 0 Å². The minimum atomic E-state index is -0.881. The number of rotatable bonds is 21. The van der Waals surface area contributed by atoms with E-state index in [1.165, 1.54) is 34.8 Å². The number of imidazole rings is 2. The summed E-state index contributed by atoms with van der Waals surface area (Å²) in [4.78, 5) is 114. The largest absolute Gasteiger partial charge is 0.497 e. The number of H-pyrrole nitrogens is 2.